The van der Waals surface area contributed by atoms with Crippen LogP contribution in [-0.4, -0.2) is 21.2 Å². The van der Waals surface area contributed by atoms with E-state index in [9.17, 15) is 4.79 Å². The van der Waals surface area contributed by atoms with E-state index < -0.39 is 6.09 Å². The van der Waals surface area contributed by atoms with Gasteiger partial charge >= 0.3 is 6.09 Å². The predicted octanol–water partition coefficient (Wildman–Crippen LogP) is 3.51. The lowest BCUT2D eigenvalue weighted by Crippen LogP contribution is -2.20. The van der Waals surface area contributed by atoms with Crippen molar-refractivity contribution in [2.24, 2.45) is 0 Å². The molecule has 1 heterocycles. The summed E-state index contributed by atoms with van der Waals surface area (Å²) >= 11 is 0. The summed E-state index contributed by atoms with van der Waals surface area (Å²) in [6.07, 6.45) is 0.710. The topological polar surface area (TPSA) is 78.0 Å². The monoisotopic (exact) mass is 293 g/mol. The molecule has 3 N–H and O–H groups in total. The van der Waals surface area contributed by atoms with Gasteiger partial charge in [-0.2, -0.15) is 0 Å². The number of nitrogens with one attached hydrogen (secondary N) is 2. The van der Waals surface area contributed by atoms with Crippen LogP contribution in [0.5, 0.6) is 0 Å². The van der Waals surface area contributed by atoms with Crippen LogP contribution in [0.4, 0.5) is 4.79 Å². The molecule has 3 aromatic rings. The van der Waals surface area contributed by atoms with Crippen molar-refractivity contribution in [1.29, 1.82) is 0 Å². The first-order valence-corrected chi connectivity index (χ1v) is 6.89. The van der Waals surface area contributed by atoms with Crippen molar-refractivity contribution >= 4 is 6.09 Å². The number of H-pyrrole nitrogens is 1. The van der Waals surface area contributed by atoms with E-state index in [1.807, 2.05) is 30.3 Å². The van der Waals surface area contributed by atoms with Gasteiger partial charge in [0.25, 0.3) is 0 Å². The van der Waals surface area contributed by atoms with Crippen molar-refractivity contribution in [2.75, 3.05) is 0 Å². The highest BCUT2D eigenvalue weighted by molar-refractivity contribution is 5.68. The second-order valence-electron chi connectivity index (χ2n) is 4.83. The fourth-order valence-corrected chi connectivity index (χ4v) is 2.22. The quantitative estimate of drug-likeness (QED) is 0.688. The summed E-state index contributed by atoms with van der Waals surface area (Å²) in [5.74, 6) is 0.588. The first-order chi connectivity index (χ1) is 10.7. The van der Waals surface area contributed by atoms with Crippen LogP contribution in [-0.2, 0) is 6.54 Å². The second kappa shape index (κ2) is 6.13. The molecule has 0 aliphatic carbocycles. The zero-order chi connectivity index (χ0) is 15.4. The van der Waals surface area contributed by atoms with E-state index in [0.717, 1.165) is 16.8 Å². The second-order valence-corrected chi connectivity index (χ2v) is 4.83. The van der Waals surface area contributed by atoms with E-state index in [0.29, 0.717) is 5.82 Å². The number of hydrogen-bond acceptors (Lipinski definition) is 2. The van der Waals surface area contributed by atoms with Crippen LogP contribution >= 0.6 is 0 Å². The van der Waals surface area contributed by atoms with Gasteiger partial charge in [0.2, 0.25) is 0 Å². The van der Waals surface area contributed by atoms with E-state index in [2.05, 4.69) is 39.6 Å². The minimum atomic E-state index is -1.06. The van der Waals surface area contributed by atoms with Crippen molar-refractivity contribution < 1.29 is 9.90 Å². The number of aromatic nitrogens is 2. The number of imidazole rings is 1. The van der Waals surface area contributed by atoms with Crippen molar-refractivity contribution in [3.8, 4) is 22.4 Å². The number of amides is 1. The molecule has 22 heavy (non-hydrogen) atoms. The Kier molecular flexibility index (Phi) is 3.87. The standard InChI is InChI=1S/C17H15N3O2/c21-17(22)19-11-16-18-10-15(20-16)14-8-6-13(7-9-14)12-4-2-1-3-5-12/h1-10,19H,11H2,(H,18,20)(H,21,22). The minimum Gasteiger partial charge on any atom is -0.465 e. The molecule has 0 fully saturated rings. The SMILES string of the molecule is O=C(O)NCc1nc(-c2ccc(-c3ccccc3)cc2)c[nH]1. The van der Waals surface area contributed by atoms with E-state index >= 15 is 0 Å². The van der Waals surface area contributed by atoms with Gasteiger partial charge in [0.1, 0.15) is 5.82 Å². The smallest absolute Gasteiger partial charge is 0.405 e. The Morgan fingerprint density at radius 1 is 1.00 bits per heavy atom. The van der Waals surface area contributed by atoms with Gasteiger partial charge in [0.05, 0.1) is 12.2 Å². The Morgan fingerprint density at radius 2 is 1.64 bits per heavy atom. The number of hydrogen-bond donors (Lipinski definition) is 3. The first-order valence-electron chi connectivity index (χ1n) is 6.89. The summed E-state index contributed by atoms with van der Waals surface area (Å²) in [5.41, 5.74) is 4.09. The molecule has 3 rings (SSSR count). The number of aromatic amines is 1. The molecule has 110 valence electrons. The van der Waals surface area contributed by atoms with Crippen LogP contribution in [0.25, 0.3) is 22.4 Å². The molecule has 1 aromatic heterocycles. The number of nitrogens with zero attached hydrogens (tertiary/aromatic N) is 1. The molecular weight excluding hydrogens is 278 g/mol. The van der Waals surface area contributed by atoms with Gasteiger partial charge in [-0.3, -0.25) is 0 Å². The third-order valence-electron chi connectivity index (χ3n) is 3.33. The van der Waals surface area contributed by atoms with Crippen LogP contribution in [0.2, 0.25) is 0 Å². The van der Waals surface area contributed by atoms with Gasteiger partial charge in [0, 0.05) is 11.8 Å². The van der Waals surface area contributed by atoms with E-state index in [4.69, 9.17) is 5.11 Å². The summed E-state index contributed by atoms with van der Waals surface area (Å²) in [4.78, 5) is 17.8. The van der Waals surface area contributed by atoms with Gasteiger partial charge < -0.3 is 15.4 Å². The maximum Gasteiger partial charge on any atom is 0.405 e. The molecule has 0 aliphatic heterocycles. The Labute approximate surface area is 127 Å². The van der Waals surface area contributed by atoms with Crippen molar-refractivity contribution in [3.63, 3.8) is 0 Å². The Balaban J connectivity index is 1.77. The molecule has 5 heteroatoms. The van der Waals surface area contributed by atoms with E-state index in [-0.39, 0.29) is 6.54 Å². The molecule has 0 unspecified atom stereocenters. The molecular formula is C17H15N3O2. The Bertz CT molecular complexity index is 764. The summed E-state index contributed by atoms with van der Waals surface area (Å²) in [6.45, 7) is 0.164. The molecule has 5 nitrogen and oxygen atoms in total. The molecule has 0 radical (unpaired) electrons. The average molecular weight is 293 g/mol. The number of benzene rings is 2. The molecule has 2 aromatic carbocycles. The molecule has 0 bridgehead atoms. The third-order valence-corrected chi connectivity index (χ3v) is 3.33. The number of carbonyl (C=O) groups is 1. The first kappa shape index (κ1) is 13.9. The predicted molar refractivity (Wildman–Crippen MR) is 84.3 cm³/mol. The van der Waals surface area contributed by atoms with Gasteiger partial charge in [-0.1, -0.05) is 54.6 Å². The highest BCUT2D eigenvalue weighted by Gasteiger charge is 2.05. The van der Waals surface area contributed by atoms with Gasteiger partial charge in [-0.05, 0) is 11.1 Å². The van der Waals surface area contributed by atoms with Crippen molar-refractivity contribution in [2.45, 2.75) is 6.54 Å². The Morgan fingerprint density at radius 3 is 2.32 bits per heavy atom. The van der Waals surface area contributed by atoms with Gasteiger partial charge in [-0.25, -0.2) is 9.78 Å². The van der Waals surface area contributed by atoms with Crippen LogP contribution in [0.1, 0.15) is 5.82 Å². The van der Waals surface area contributed by atoms with Gasteiger partial charge in [0.15, 0.2) is 0 Å². The third kappa shape index (κ3) is 3.15. The normalized spacial score (nSPS) is 10.4. The summed E-state index contributed by atoms with van der Waals surface area (Å²) in [5, 5.41) is 10.9. The lowest BCUT2D eigenvalue weighted by Gasteiger charge is -2.02. The van der Waals surface area contributed by atoms with Crippen LogP contribution < -0.4 is 5.32 Å². The fraction of sp³-hybridized carbons (Fsp3) is 0.0588. The van der Waals surface area contributed by atoms with Crippen molar-refractivity contribution in [3.05, 3.63) is 66.6 Å². The number of rotatable bonds is 4. The van der Waals surface area contributed by atoms with E-state index in [1.54, 1.807) is 6.20 Å². The number of carboxylic acid groups (broad SMARTS) is 1. The summed E-state index contributed by atoms with van der Waals surface area (Å²) < 4.78 is 0. The maximum absolute atomic E-state index is 10.5. The molecule has 0 spiro atoms. The molecule has 0 saturated heterocycles. The van der Waals surface area contributed by atoms with Crippen LogP contribution in [0.3, 0.4) is 0 Å². The molecule has 0 aliphatic rings. The highest BCUT2D eigenvalue weighted by Crippen LogP contribution is 2.23. The minimum absolute atomic E-state index is 0.164. The average Bonchev–Trinajstić information content (AvgIpc) is 3.03. The summed E-state index contributed by atoms with van der Waals surface area (Å²) in [6, 6.07) is 18.3. The molecule has 1 amide bonds. The molecule has 0 saturated carbocycles. The highest BCUT2D eigenvalue weighted by atomic mass is 16.4. The Hall–Kier alpha value is -3.08. The van der Waals surface area contributed by atoms with E-state index in [1.165, 1.54) is 5.56 Å². The maximum atomic E-state index is 10.5. The zero-order valence-corrected chi connectivity index (χ0v) is 11.8. The fourth-order valence-electron chi connectivity index (χ4n) is 2.22. The van der Waals surface area contributed by atoms with Crippen LogP contribution in [0.15, 0.2) is 60.8 Å². The lowest BCUT2D eigenvalue weighted by atomic mass is 10.0. The molecule has 0 atom stereocenters. The lowest BCUT2D eigenvalue weighted by molar-refractivity contribution is 0.193. The van der Waals surface area contributed by atoms with Gasteiger partial charge in [-0.15, -0.1) is 0 Å². The van der Waals surface area contributed by atoms with Crippen molar-refractivity contribution in [1.82, 2.24) is 15.3 Å². The summed E-state index contributed by atoms with van der Waals surface area (Å²) in [7, 11) is 0. The zero-order valence-electron chi connectivity index (χ0n) is 11.8. The van der Waals surface area contributed by atoms with Crippen LogP contribution in [0, 0.1) is 0 Å². The largest absolute Gasteiger partial charge is 0.465 e.